The molecule has 0 atom stereocenters. The third-order valence-corrected chi connectivity index (χ3v) is 2.54. The molecule has 0 saturated heterocycles. The van der Waals surface area contributed by atoms with E-state index in [9.17, 15) is 14.9 Å². The minimum absolute atomic E-state index is 0.127. The molecular formula is C11H8N2O4S. The summed E-state index contributed by atoms with van der Waals surface area (Å²) in [5, 5.41) is 13.0. The van der Waals surface area contributed by atoms with E-state index in [-0.39, 0.29) is 5.76 Å². The molecule has 1 aromatic carbocycles. The van der Waals surface area contributed by atoms with Gasteiger partial charge in [-0.25, -0.2) is 0 Å². The molecule has 0 radical (unpaired) electrons. The van der Waals surface area contributed by atoms with Crippen LogP contribution in [0.5, 0.6) is 0 Å². The second-order valence-corrected chi connectivity index (χ2v) is 3.85. The molecule has 0 fully saturated rings. The Bertz CT molecular complexity index is 609. The minimum atomic E-state index is -0.705. The maximum absolute atomic E-state index is 11.7. The zero-order chi connectivity index (χ0) is 13.1. The lowest BCUT2D eigenvalue weighted by Crippen LogP contribution is -2.11. The minimum Gasteiger partial charge on any atom is -0.395 e. The van der Waals surface area contributed by atoms with E-state index in [4.69, 9.17) is 4.42 Å². The number of carbonyl (C=O) groups excluding carboxylic acids is 1. The third-order valence-electron chi connectivity index (χ3n) is 2.15. The second-order valence-electron chi connectivity index (χ2n) is 3.37. The Balaban J connectivity index is 2.17. The molecular weight excluding hydrogens is 256 g/mol. The van der Waals surface area contributed by atoms with Crippen molar-refractivity contribution in [1.29, 1.82) is 0 Å². The van der Waals surface area contributed by atoms with Crippen LogP contribution in [0.3, 0.4) is 0 Å². The van der Waals surface area contributed by atoms with Crippen molar-refractivity contribution < 1.29 is 14.1 Å². The van der Waals surface area contributed by atoms with Crippen LogP contribution in [0.25, 0.3) is 0 Å². The van der Waals surface area contributed by atoms with Crippen LogP contribution in [0.15, 0.2) is 45.7 Å². The average Bonchev–Trinajstić information content (AvgIpc) is 2.81. The van der Waals surface area contributed by atoms with E-state index >= 15 is 0 Å². The van der Waals surface area contributed by atoms with Gasteiger partial charge in [0.1, 0.15) is 4.92 Å². The lowest BCUT2D eigenvalue weighted by molar-refractivity contribution is -0.402. The summed E-state index contributed by atoms with van der Waals surface area (Å²) in [6.45, 7) is 0. The van der Waals surface area contributed by atoms with Crippen molar-refractivity contribution in [3.8, 4) is 0 Å². The topological polar surface area (TPSA) is 85.4 Å². The summed E-state index contributed by atoms with van der Waals surface area (Å²) in [7, 11) is 0. The number of anilines is 1. The van der Waals surface area contributed by atoms with Gasteiger partial charge in [0.25, 0.3) is 5.91 Å². The van der Waals surface area contributed by atoms with Crippen LogP contribution < -0.4 is 5.32 Å². The van der Waals surface area contributed by atoms with Crippen LogP contribution in [0.1, 0.15) is 10.6 Å². The molecule has 0 bridgehead atoms. The van der Waals surface area contributed by atoms with E-state index in [2.05, 4.69) is 17.9 Å². The maximum Gasteiger partial charge on any atom is 0.433 e. The first-order valence-corrected chi connectivity index (χ1v) is 5.36. The average molecular weight is 264 g/mol. The van der Waals surface area contributed by atoms with Gasteiger partial charge >= 0.3 is 5.88 Å². The van der Waals surface area contributed by atoms with E-state index in [0.29, 0.717) is 10.6 Å². The largest absolute Gasteiger partial charge is 0.433 e. The first-order chi connectivity index (χ1) is 8.58. The van der Waals surface area contributed by atoms with E-state index in [0.717, 1.165) is 6.07 Å². The highest BCUT2D eigenvalue weighted by atomic mass is 32.1. The van der Waals surface area contributed by atoms with Gasteiger partial charge in [-0.2, -0.15) is 0 Å². The number of nitrogens with zero attached hydrogens (tertiary/aromatic N) is 1. The van der Waals surface area contributed by atoms with Crippen LogP contribution in [-0.2, 0) is 0 Å². The number of amides is 1. The smallest absolute Gasteiger partial charge is 0.395 e. The molecule has 0 aliphatic heterocycles. The number of para-hydroxylation sites is 1. The van der Waals surface area contributed by atoms with Crippen molar-refractivity contribution >= 4 is 30.1 Å². The standard InChI is InChI=1S/C11H8N2O4S/c14-11(8-5-6-10(17-8)13(15)16)12-7-3-1-2-4-9(7)18/h1-6,18H,(H,12,14). The molecule has 0 spiro atoms. The van der Waals surface area contributed by atoms with Crippen molar-refractivity contribution in [3.05, 3.63) is 52.3 Å². The number of carbonyl (C=O) groups is 1. The molecule has 1 amide bonds. The molecule has 0 saturated carbocycles. The van der Waals surface area contributed by atoms with Crippen molar-refractivity contribution in [2.24, 2.45) is 0 Å². The van der Waals surface area contributed by atoms with Crippen molar-refractivity contribution in [3.63, 3.8) is 0 Å². The maximum atomic E-state index is 11.7. The normalized spacial score (nSPS) is 10.1. The van der Waals surface area contributed by atoms with Gasteiger partial charge < -0.3 is 9.73 Å². The van der Waals surface area contributed by atoms with Gasteiger partial charge in [0.15, 0.2) is 5.76 Å². The van der Waals surface area contributed by atoms with E-state index in [1.54, 1.807) is 24.3 Å². The molecule has 1 heterocycles. The van der Waals surface area contributed by atoms with Gasteiger partial charge in [-0.1, -0.05) is 12.1 Å². The zero-order valence-electron chi connectivity index (χ0n) is 8.99. The fourth-order valence-electron chi connectivity index (χ4n) is 1.31. The summed E-state index contributed by atoms with van der Waals surface area (Å²) in [6.07, 6.45) is 0. The summed E-state index contributed by atoms with van der Waals surface area (Å²) in [5.41, 5.74) is 0.505. The molecule has 0 aliphatic rings. The lowest BCUT2D eigenvalue weighted by atomic mass is 10.3. The fourth-order valence-corrected chi connectivity index (χ4v) is 1.53. The van der Waals surface area contributed by atoms with Gasteiger partial charge in [-0.15, -0.1) is 12.6 Å². The van der Waals surface area contributed by atoms with Crippen LogP contribution >= 0.6 is 12.6 Å². The SMILES string of the molecule is O=C(Nc1ccccc1S)c1ccc([N+](=O)[O-])o1. The second kappa shape index (κ2) is 4.92. The van der Waals surface area contributed by atoms with Crippen LogP contribution in [0, 0.1) is 10.1 Å². The molecule has 18 heavy (non-hydrogen) atoms. The Hall–Kier alpha value is -2.28. The zero-order valence-corrected chi connectivity index (χ0v) is 9.89. The molecule has 0 unspecified atom stereocenters. The molecule has 0 aliphatic carbocycles. The number of benzene rings is 1. The number of nitrogens with one attached hydrogen (secondary N) is 1. The Morgan fingerprint density at radius 1 is 1.28 bits per heavy atom. The summed E-state index contributed by atoms with van der Waals surface area (Å²) in [5.74, 6) is -1.16. The third kappa shape index (κ3) is 2.51. The number of hydrogen-bond donors (Lipinski definition) is 2. The summed E-state index contributed by atoms with van der Waals surface area (Å²) in [4.78, 5) is 22.0. The van der Waals surface area contributed by atoms with Crippen molar-refractivity contribution in [2.45, 2.75) is 4.90 Å². The Labute approximate surface area is 107 Å². The Kier molecular flexibility index (Phi) is 3.33. The number of rotatable bonds is 3. The van der Waals surface area contributed by atoms with Gasteiger partial charge in [0.2, 0.25) is 0 Å². The first kappa shape index (κ1) is 12.2. The van der Waals surface area contributed by atoms with Crippen LogP contribution in [-0.4, -0.2) is 10.8 Å². The van der Waals surface area contributed by atoms with Crippen LogP contribution in [0.2, 0.25) is 0 Å². The van der Waals surface area contributed by atoms with Crippen molar-refractivity contribution in [1.82, 2.24) is 0 Å². The summed E-state index contributed by atoms with van der Waals surface area (Å²) < 4.78 is 4.78. The number of hydrogen-bond acceptors (Lipinski definition) is 5. The highest BCUT2D eigenvalue weighted by Crippen LogP contribution is 2.21. The highest BCUT2D eigenvalue weighted by molar-refractivity contribution is 7.80. The van der Waals surface area contributed by atoms with Gasteiger partial charge in [0.05, 0.1) is 11.8 Å². The predicted octanol–water partition coefficient (Wildman–Crippen LogP) is 2.73. The van der Waals surface area contributed by atoms with Crippen LogP contribution in [0.4, 0.5) is 11.6 Å². The molecule has 7 heteroatoms. The molecule has 92 valence electrons. The van der Waals surface area contributed by atoms with E-state index in [1.165, 1.54) is 6.07 Å². The van der Waals surface area contributed by atoms with Gasteiger partial charge in [0, 0.05) is 4.90 Å². The molecule has 1 aromatic heterocycles. The lowest BCUT2D eigenvalue weighted by Gasteiger charge is -2.04. The van der Waals surface area contributed by atoms with E-state index < -0.39 is 16.7 Å². The number of thiol groups is 1. The predicted molar refractivity (Wildman–Crippen MR) is 67.0 cm³/mol. The molecule has 1 N–H and O–H groups in total. The summed E-state index contributed by atoms with van der Waals surface area (Å²) >= 11 is 4.17. The Morgan fingerprint density at radius 3 is 2.61 bits per heavy atom. The van der Waals surface area contributed by atoms with Crippen molar-refractivity contribution in [2.75, 3.05) is 5.32 Å². The number of furan rings is 1. The molecule has 2 rings (SSSR count). The first-order valence-electron chi connectivity index (χ1n) is 4.91. The van der Waals surface area contributed by atoms with E-state index in [1.807, 2.05) is 0 Å². The molecule has 6 nitrogen and oxygen atoms in total. The summed E-state index contributed by atoms with van der Waals surface area (Å²) in [6, 6.07) is 9.26. The Morgan fingerprint density at radius 2 is 2.00 bits per heavy atom. The fraction of sp³-hybridized carbons (Fsp3) is 0. The quantitative estimate of drug-likeness (QED) is 0.507. The van der Waals surface area contributed by atoms with Gasteiger partial charge in [-0.3, -0.25) is 14.9 Å². The monoisotopic (exact) mass is 264 g/mol. The highest BCUT2D eigenvalue weighted by Gasteiger charge is 2.17. The van der Waals surface area contributed by atoms with Gasteiger partial charge in [-0.05, 0) is 18.2 Å². The number of nitro groups is 1. The molecule has 2 aromatic rings.